The third-order valence-corrected chi connectivity index (χ3v) is 4.52. The van der Waals surface area contributed by atoms with Crippen LogP contribution >= 0.6 is 11.8 Å². The second kappa shape index (κ2) is 6.62. The van der Waals surface area contributed by atoms with Gasteiger partial charge in [-0.2, -0.15) is 0 Å². The van der Waals surface area contributed by atoms with Crippen LogP contribution in [0, 0.1) is 0 Å². The standard InChI is InChI=1S/C14H27N5OS/c1-13(2,3)15-8-9-19-12(16-17-18-19)21-10-11-6-7-14(4,5)20-11/h11,15H,6-10H2,1-5H3. The summed E-state index contributed by atoms with van der Waals surface area (Å²) in [7, 11) is 0. The first-order chi connectivity index (χ1) is 9.75. The normalized spacial score (nSPS) is 21.9. The smallest absolute Gasteiger partial charge is 0.209 e. The van der Waals surface area contributed by atoms with Crippen molar-refractivity contribution in [3.63, 3.8) is 0 Å². The van der Waals surface area contributed by atoms with Crippen LogP contribution in [0.2, 0.25) is 0 Å². The van der Waals surface area contributed by atoms with Gasteiger partial charge in [-0.3, -0.25) is 0 Å². The summed E-state index contributed by atoms with van der Waals surface area (Å²) in [5, 5.41) is 16.3. The average molecular weight is 313 g/mol. The third-order valence-electron chi connectivity index (χ3n) is 3.43. The van der Waals surface area contributed by atoms with Crippen LogP contribution in [-0.4, -0.2) is 49.7 Å². The van der Waals surface area contributed by atoms with Gasteiger partial charge in [-0.15, -0.1) is 5.10 Å². The minimum absolute atomic E-state index is 0.0216. The van der Waals surface area contributed by atoms with Gasteiger partial charge in [0.2, 0.25) is 5.16 Å². The van der Waals surface area contributed by atoms with Crippen molar-refractivity contribution in [1.82, 2.24) is 25.5 Å². The summed E-state index contributed by atoms with van der Waals surface area (Å²) in [5.41, 5.74) is 0.137. The maximum atomic E-state index is 6.00. The molecule has 7 heteroatoms. The Kier molecular flexibility index (Phi) is 5.27. The Bertz CT molecular complexity index is 454. The molecule has 120 valence electrons. The lowest BCUT2D eigenvalue weighted by molar-refractivity contribution is -0.00469. The largest absolute Gasteiger partial charge is 0.371 e. The molecule has 1 N–H and O–H groups in total. The predicted octanol–water partition coefficient (Wildman–Crippen LogP) is 2.11. The lowest BCUT2D eigenvalue weighted by Crippen LogP contribution is -2.38. The number of tetrazole rings is 1. The Morgan fingerprint density at radius 1 is 1.43 bits per heavy atom. The van der Waals surface area contributed by atoms with Gasteiger partial charge in [-0.1, -0.05) is 11.8 Å². The van der Waals surface area contributed by atoms with E-state index >= 15 is 0 Å². The molecule has 21 heavy (non-hydrogen) atoms. The van der Waals surface area contributed by atoms with E-state index < -0.39 is 0 Å². The number of ether oxygens (including phenoxy) is 1. The van der Waals surface area contributed by atoms with E-state index in [9.17, 15) is 0 Å². The van der Waals surface area contributed by atoms with Gasteiger partial charge in [0.1, 0.15) is 0 Å². The Morgan fingerprint density at radius 2 is 2.19 bits per heavy atom. The van der Waals surface area contributed by atoms with Crippen molar-refractivity contribution in [2.75, 3.05) is 12.3 Å². The van der Waals surface area contributed by atoms with Crippen molar-refractivity contribution in [2.24, 2.45) is 0 Å². The van der Waals surface area contributed by atoms with E-state index in [1.165, 1.54) is 0 Å². The lowest BCUT2D eigenvalue weighted by Gasteiger charge is -2.20. The number of thioether (sulfide) groups is 1. The van der Waals surface area contributed by atoms with Gasteiger partial charge >= 0.3 is 0 Å². The van der Waals surface area contributed by atoms with E-state index in [-0.39, 0.29) is 11.1 Å². The second-order valence-electron chi connectivity index (χ2n) is 7.21. The number of hydrogen-bond donors (Lipinski definition) is 1. The van der Waals surface area contributed by atoms with Crippen molar-refractivity contribution in [3.05, 3.63) is 0 Å². The molecule has 1 aromatic rings. The first kappa shape index (κ1) is 16.7. The van der Waals surface area contributed by atoms with Crippen molar-refractivity contribution < 1.29 is 4.74 Å². The monoisotopic (exact) mass is 313 g/mol. The molecule has 0 aliphatic carbocycles. The van der Waals surface area contributed by atoms with Gasteiger partial charge in [-0.05, 0) is 57.9 Å². The molecule has 0 aromatic carbocycles. The molecule has 0 amide bonds. The van der Waals surface area contributed by atoms with Crippen molar-refractivity contribution >= 4 is 11.8 Å². The fraction of sp³-hybridized carbons (Fsp3) is 0.929. The summed E-state index contributed by atoms with van der Waals surface area (Å²) in [6.07, 6.45) is 2.55. The zero-order valence-corrected chi connectivity index (χ0v) is 14.5. The lowest BCUT2D eigenvalue weighted by atomic mass is 10.1. The molecule has 0 radical (unpaired) electrons. The zero-order chi connectivity index (χ0) is 15.5. The van der Waals surface area contributed by atoms with Crippen LogP contribution in [0.5, 0.6) is 0 Å². The van der Waals surface area contributed by atoms with E-state index in [0.717, 1.165) is 36.8 Å². The van der Waals surface area contributed by atoms with E-state index in [1.807, 2.05) is 4.68 Å². The van der Waals surface area contributed by atoms with E-state index in [4.69, 9.17) is 4.74 Å². The molecular weight excluding hydrogens is 286 g/mol. The fourth-order valence-electron chi connectivity index (χ4n) is 2.34. The maximum absolute atomic E-state index is 6.00. The highest BCUT2D eigenvalue weighted by molar-refractivity contribution is 7.99. The van der Waals surface area contributed by atoms with E-state index in [2.05, 4.69) is 55.5 Å². The molecule has 2 heterocycles. The van der Waals surface area contributed by atoms with Crippen molar-refractivity contribution in [3.8, 4) is 0 Å². The van der Waals surface area contributed by atoms with Gasteiger partial charge in [0.05, 0.1) is 18.2 Å². The molecule has 0 spiro atoms. The van der Waals surface area contributed by atoms with Gasteiger partial charge in [-0.25, -0.2) is 4.68 Å². The van der Waals surface area contributed by atoms with Crippen molar-refractivity contribution in [2.45, 2.75) is 76.4 Å². The molecule has 1 atom stereocenters. The highest BCUT2D eigenvalue weighted by Gasteiger charge is 2.31. The van der Waals surface area contributed by atoms with E-state index in [0.29, 0.717) is 6.10 Å². The highest BCUT2D eigenvalue weighted by atomic mass is 32.2. The summed E-state index contributed by atoms with van der Waals surface area (Å²) >= 11 is 1.68. The average Bonchev–Trinajstić information content (AvgIpc) is 2.91. The third kappa shape index (κ3) is 5.56. The Morgan fingerprint density at radius 3 is 2.81 bits per heavy atom. The van der Waals surface area contributed by atoms with Crippen LogP contribution in [0.1, 0.15) is 47.5 Å². The fourth-order valence-corrected chi connectivity index (χ4v) is 3.28. The second-order valence-corrected chi connectivity index (χ2v) is 8.20. The van der Waals surface area contributed by atoms with Crippen LogP contribution < -0.4 is 5.32 Å². The molecule has 1 fully saturated rings. The molecule has 1 unspecified atom stereocenters. The zero-order valence-electron chi connectivity index (χ0n) is 13.7. The Hall–Kier alpha value is -0.660. The molecular formula is C14H27N5OS. The minimum atomic E-state index is 0.0216. The first-order valence-corrected chi connectivity index (χ1v) is 8.56. The summed E-state index contributed by atoms with van der Waals surface area (Å²) in [5.74, 6) is 0.913. The summed E-state index contributed by atoms with van der Waals surface area (Å²) < 4.78 is 7.87. The summed E-state index contributed by atoms with van der Waals surface area (Å²) in [6, 6.07) is 0. The van der Waals surface area contributed by atoms with Crippen molar-refractivity contribution in [1.29, 1.82) is 0 Å². The van der Waals surface area contributed by atoms with Gasteiger partial charge < -0.3 is 10.1 Å². The summed E-state index contributed by atoms with van der Waals surface area (Å²) in [4.78, 5) is 0. The van der Waals surface area contributed by atoms with Crippen LogP contribution in [0.3, 0.4) is 0 Å². The van der Waals surface area contributed by atoms with Crippen LogP contribution in [0.25, 0.3) is 0 Å². The first-order valence-electron chi connectivity index (χ1n) is 7.57. The predicted molar refractivity (Wildman–Crippen MR) is 84.5 cm³/mol. The molecule has 1 aliphatic rings. The van der Waals surface area contributed by atoms with Crippen LogP contribution in [0.4, 0.5) is 0 Å². The number of hydrogen-bond acceptors (Lipinski definition) is 6. The minimum Gasteiger partial charge on any atom is -0.371 e. The molecule has 1 saturated heterocycles. The molecule has 1 aromatic heterocycles. The number of nitrogens with one attached hydrogen (secondary N) is 1. The van der Waals surface area contributed by atoms with E-state index in [1.54, 1.807) is 11.8 Å². The molecule has 2 rings (SSSR count). The Balaban J connectivity index is 1.78. The topological polar surface area (TPSA) is 64.9 Å². The molecule has 0 saturated carbocycles. The molecule has 6 nitrogen and oxygen atoms in total. The SMILES string of the molecule is CC(C)(C)NCCn1nnnc1SCC1CCC(C)(C)O1. The summed E-state index contributed by atoms with van der Waals surface area (Å²) in [6.45, 7) is 12.4. The van der Waals surface area contributed by atoms with Crippen LogP contribution in [0.15, 0.2) is 5.16 Å². The maximum Gasteiger partial charge on any atom is 0.209 e. The quantitative estimate of drug-likeness (QED) is 0.812. The van der Waals surface area contributed by atoms with Crippen LogP contribution in [-0.2, 0) is 11.3 Å². The number of aromatic nitrogens is 4. The molecule has 1 aliphatic heterocycles. The highest BCUT2D eigenvalue weighted by Crippen LogP contribution is 2.32. The number of nitrogens with zero attached hydrogens (tertiary/aromatic N) is 4. The van der Waals surface area contributed by atoms with Gasteiger partial charge in [0.15, 0.2) is 0 Å². The Labute approximate surface area is 131 Å². The van der Waals surface area contributed by atoms with Gasteiger partial charge in [0.25, 0.3) is 0 Å². The molecule has 0 bridgehead atoms. The van der Waals surface area contributed by atoms with Gasteiger partial charge in [0, 0.05) is 17.8 Å². The number of rotatable bonds is 6.